The molecule has 0 unspecified atom stereocenters. The summed E-state index contributed by atoms with van der Waals surface area (Å²) in [6.45, 7) is 5.09. The highest BCUT2D eigenvalue weighted by Crippen LogP contribution is 2.26. The molecule has 0 atom stereocenters. The molecular formula is C25H25N3O5S. The molecule has 0 aliphatic heterocycles. The average molecular weight is 480 g/mol. The molecule has 1 amide bonds. The van der Waals surface area contributed by atoms with Crippen LogP contribution in [0.3, 0.4) is 0 Å². The quantitative estimate of drug-likeness (QED) is 0.378. The van der Waals surface area contributed by atoms with Crippen LogP contribution in [0.1, 0.15) is 32.6 Å². The highest BCUT2D eigenvalue weighted by Gasteiger charge is 2.27. The van der Waals surface area contributed by atoms with Crippen LogP contribution in [0.25, 0.3) is 0 Å². The summed E-state index contributed by atoms with van der Waals surface area (Å²) in [4.78, 5) is 23.7. The number of aromatic carboxylic acids is 1. The lowest BCUT2D eigenvalue weighted by molar-refractivity contribution is -0.119. The first-order valence-corrected chi connectivity index (χ1v) is 11.8. The lowest BCUT2D eigenvalue weighted by Crippen LogP contribution is -2.39. The smallest absolute Gasteiger partial charge is 0.335 e. The first-order chi connectivity index (χ1) is 16.1. The zero-order valence-corrected chi connectivity index (χ0v) is 19.8. The number of aryl methyl sites for hydroxylation is 3. The van der Waals surface area contributed by atoms with Crippen molar-refractivity contribution in [1.82, 2.24) is 5.43 Å². The van der Waals surface area contributed by atoms with E-state index >= 15 is 0 Å². The largest absolute Gasteiger partial charge is 0.478 e. The first kappa shape index (κ1) is 24.7. The van der Waals surface area contributed by atoms with Gasteiger partial charge in [-0.1, -0.05) is 35.9 Å². The maximum Gasteiger partial charge on any atom is 0.335 e. The molecule has 3 aromatic carbocycles. The number of sulfonamides is 1. The van der Waals surface area contributed by atoms with E-state index in [1.807, 2.05) is 26.8 Å². The molecule has 0 saturated heterocycles. The van der Waals surface area contributed by atoms with E-state index in [1.165, 1.54) is 30.5 Å². The third-order valence-corrected chi connectivity index (χ3v) is 6.74. The number of carbonyl (C=O) groups is 2. The summed E-state index contributed by atoms with van der Waals surface area (Å²) < 4.78 is 27.9. The average Bonchev–Trinajstić information content (AvgIpc) is 2.77. The van der Waals surface area contributed by atoms with Crippen molar-refractivity contribution < 1.29 is 23.1 Å². The summed E-state index contributed by atoms with van der Waals surface area (Å²) in [6, 6.07) is 17.7. The summed E-state index contributed by atoms with van der Waals surface area (Å²) in [7, 11) is -4.02. The summed E-state index contributed by atoms with van der Waals surface area (Å²) in [5.41, 5.74) is 6.06. The number of hydrogen-bond donors (Lipinski definition) is 2. The van der Waals surface area contributed by atoms with Gasteiger partial charge in [-0.25, -0.2) is 18.6 Å². The molecule has 176 valence electrons. The molecule has 8 nitrogen and oxygen atoms in total. The number of amides is 1. The fourth-order valence-electron chi connectivity index (χ4n) is 3.30. The topological polar surface area (TPSA) is 116 Å². The van der Waals surface area contributed by atoms with E-state index in [9.17, 15) is 18.0 Å². The van der Waals surface area contributed by atoms with E-state index < -0.39 is 28.4 Å². The van der Waals surface area contributed by atoms with Gasteiger partial charge in [0, 0.05) is 0 Å². The number of rotatable bonds is 8. The van der Waals surface area contributed by atoms with Crippen molar-refractivity contribution >= 4 is 33.8 Å². The molecule has 0 saturated carbocycles. The van der Waals surface area contributed by atoms with Gasteiger partial charge in [-0.05, 0) is 73.9 Å². The number of nitrogens with zero attached hydrogens (tertiary/aromatic N) is 2. The second kappa shape index (κ2) is 10.3. The molecule has 0 spiro atoms. The zero-order valence-electron chi connectivity index (χ0n) is 19.0. The van der Waals surface area contributed by atoms with Gasteiger partial charge in [0.2, 0.25) is 0 Å². The van der Waals surface area contributed by atoms with E-state index in [0.717, 1.165) is 21.0 Å². The van der Waals surface area contributed by atoms with Crippen molar-refractivity contribution in [2.75, 3.05) is 10.8 Å². The van der Waals surface area contributed by atoms with Gasteiger partial charge in [0.1, 0.15) is 6.54 Å². The van der Waals surface area contributed by atoms with Crippen molar-refractivity contribution in [3.8, 4) is 0 Å². The van der Waals surface area contributed by atoms with Gasteiger partial charge < -0.3 is 5.11 Å². The standard InChI is InChI=1S/C25H25N3O5S/c1-17-4-10-23(11-5-17)34(32,33)28(22-13-18(2)12-19(3)14-22)16-24(29)27-26-15-20-6-8-21(9-7-20)25(30)31/h4-15H,16H2,1-3H3,(H,27,29)(H,30,31)/b26-15-. The molecule has 0 fully saturated rings. The predicted molar refractivity (Wildman–Crippen MR) is 131 cm³/mol. The second-order valence-electron chi connectivity index (χ2n) is 7.89. The molecule has 0 aliphatic carbocycles. The SMILES string of the molecule is Cc1ccc(S(=O)(=O)N(CC(=O)N/N=C\c2ccc(C(=O)O)cc2)c2cc(C)cc(C)c2)cc1. The van der Waals surface area contributed by atoms with Crippen LogP contribution in [0.15, 0.2) is 76.7 Å². The van der Waals surface area contributed by atoms with Crippen molar-refractivity contribution in [3.63, 3.8) is 0 Å². The summed E-state index contributed by atoms with van der Waals surface area (Å²) in [6.07, 6.45) is 1.35. The molecule has 0 heterocycles. The molecule has 3 aromatic rings. The van der Waals surface area contributed by atoms with Crippen molar-refractivity contribution in [1.29, 1.82) is 0 Å². The van der Waals surface area contributed by atoms with Crippen molar-refractivity contribution in [3.05, 3.63) is 94.5 Å². The lowest BCUT2D eigenvalue weighted by atomic mass is 10.1. The number of anilines is 1. The lowest BCUT2D eigenvalue weighted by Gasteiger charge is -2.24. The first-order valence-electron chi connectivity index (χ1n) is 10.4. The number of nitrogens with one attached hydrogen (secondary N) is 1. The van der Waals surface area contributed by atoms with Crippen LogP contribution in [-0.2, 0) is 14.8 Å². The Balaban J connectivity index is 1.84. The van der Waals surface area contributed by atoms with Gasteiger partial charge >= 0.3 is 5.97 Å². The zero-order chi connectivity index (χ0) is 24.9. The molecule has 0 aliphatic rings. The summed E-state index contributed by atoms with van der Waals surface area (Å²) >= 11 is 0. The van der Waals surface area contributed by atoms with Gasteiger partial charge in [-0.2, -0.15) is 5.10 Å². The highest BCUT2D eigenvalue weighted by atomic mass is 32.2. The third kappa shape index (κ3) is 6.08. The number of hydrogen-bond acceptors (Lipinski definition) is 5. The number of hydrazone groups is 1. The van der Waals surface area contributed by atoms with Gasteiger partial charge in [0.25, 0.3) is 15.9 Å². The number of carbonyl (C=O) groups excluding carboxylic acids is 1. The monoisotopic (exact) mass is 479 g/mol. The Morgan fingerprint density at radius 3 is 2.06 bits per heavy atom. The molecule has 34 heavy (non-hydrogen) atoms. The van der Waals surface area contributed by atoms with Crippen LogP contribution < -0.4 is 9.73 Å². The van der Waals surface area contributed by atoms with Gasteiger partial charge in [0.15, 0.2) is 0 Å². The van der Waals surface area contributed by atoms with Crippen LogP contribution in [0.5, 0.6) is 0 Å². The van der Waals surface area contributed by atoms with Crippen LogP contribution in [0.2, 0.25) is 0 Å². The summed E-state index contributed by atoms with van der Waals surface area (Å²) in [5, 5.41) is 12.8. The van der Waals surface area contributed by atoms with Crippen molar-refractivity contribution in [2.45, 2.75) is 25.7 Å². The Morgan fingerprint density at radius 1 is 0.912 bits per heavy atom. The van der Waals surface area contributed by atoms with E-state index in [4.69, 9.17) is 5.11 Å². The minimum absolute atomic E-state index is 0.0760. The Kier molecular flexibility index (Phi) is 7.47. The predicted octanol–water partition coefficient (Wildman–Crippen LogP) is 3.66. The number of benzene rings is 3. The third-order valence-electron chi connectivity index (χ3n) is 4.95. The maximum atomic E-state index is 13.4. The summed E-state index contributed by atoms with van der Waals surface area (Å²) in [5.74, 6) is -1.67. The van der Waals surface area contributed by atoms with Gasteiger partial charge in [-0.15, -0.1) is 0 Å². The number of carboxylic acids is 1. The minimum atomic E-state index is -4.02. The Bertz CT molecular complexity index is 1310. The molecule has 0 aromatic heterocycles. The van der Waals surface area contributed by atoms with Crippen molar-refractivity contribution in [2.24, 2.45) is 5.10 Å². The number of carboxylic acid groups (broad SMARTS) is 1. The molecule has 0 bridgehead atoms. The fourth-order valence-corrected chi connectivity index (χ4v) is 4.71. The minimum Gasteiger partial charge on any atom is -0.478 e. The Hall–Kier alpha value is -3.98. The van der Waals surface area contributed by atoms with E-state index in [-0.39, 0.29) is 10.5 Å². The molecule has 2 N–H and O–H groups in total. The van der Waals surface area contributed by atoms with E-state index in [2.05, 4.69) is 10.5 Å². The van der Waals surface area contributed by atoms with Crippen LogP contribution in [0, 0.1) is 20.8 Å². The van der Waals surface area contributed by atoms with Gasteiger partial charge in [0.05, 0.1) is 22.4 Å². The van der Waals surface area contributed by atoms with Crippen LogP contribution in [-0.4, -0.2) is 38.2 Å². The molecule has 0 radical (unpaired) electrons. The molecular weight excluding hydrogens is 454 g/mol. The Labute approximate surface area is 198 Å². The van der Waals surface area contributed by atoms with Crippen LogP contribution >= 0.6 is 0 Å². The Morgan fingerprint density at radius 2 is 1.50 bits per heavy atom. The highest BCUT2D eigenvalue weighted by molar-refractivity contribution is 7.92. The normalized spacial score (nSPS) is 11.4. The molecule has 3 rings (SSSR count). The van der Waals surface area contributed by atoms with E-state index in [0.29, 0.717) is 11.3 Å². The second-order valence-corrected chi connectivity index (χ2v) is 9.75. The molecule has 9 heteroatoms. The van der Waals surface area contributed by atoms with E-state index in [1.54, 1.807) is 36.4 Å². The fraction of sp³-hybridized carbons (Fsp3) is 0.160. The van der Waals surface area contributed by atoms with Crippen LogP contribution in [0.4, 0.5) is 5.69 Å². The maximum absolute atomic E-state index is 13.4. The van der Waals surface area contributed by atoms with Gasteiger partial charge in [-0.3, -0.25) is 9.10 Å².